The van der Waals surface area contributed by atoms with E-state index in [1.165, 1.54) is 64.2 Å². The van der Waals surface area contributed by atoms with Crippen molar-refractivity contribution in [3.8, 4) is 0 Å². The Kier molecular flexibility index (Phi) is 27.5. The van der Waals surface area contributed by atoms with Crippen LogP contribution in [0.4, 0.5) is 0 Å². The highest BCUT2D eigenvalue weighted by molar-refractivity contribution is 5.76. The zero-order valence-corrected chi connectivity index (χ0v) is 24.8. The summed E-state index contributed by atoms with van der Waals surface area (Å²) < 4.78 is 0. The Morgan fingerprint density at radius 3 is 1.76 bits per heavy atom. The van der Waals surface area contributed by atoms with E-state index in [2.05, 4.69) is 42.6 Å². The van der Waals surface area contributed by atoms with Gasteiger partial charge in [-0.05, 0) is 71.1 Å². The number of carbonyl (C=O) groups excluding carboxylic acids is 1. The van der Waals surface area contributed by atoms with E-state index in [0.29, 0.717) is 12.8 Å². The molecule has 0 aromatic heterocycles. The number of nitrogens with one attached hydrogen (secondary N) is 1. The summed E-state index contributed by atoms with van der Waals surface area (Å²) in [5.41, 5.74) is 0. The molecule has 0 heterocycles. The van der Waals surface area contributed by atoms with Crippen LogP contribution in [0.2, 0.25) is 0 Å². The van der Waals surface area contributed by atoms with Crippen molar-refractivity contribution < 1.29 is 20.1 Å². The Morgan fingerprint density at radius 2 is 1.18 bits per heavy atom. The topological polar surface area (TPSA) is 89.8 Å². The number of hydrogen-bond donors (Lipinski definition) is 4. The Balaban J connectivity index is 3.77. The monoisotopic (exact) mass is 535 g/mol. The van der Waals surface area contributed by atoms with Gasteiger partial charge in [0.15, 0.2) is 0 Å². The minimum Gasteiger partial charge on any atom is -0.394 e. The molecule has 0 radical (unpaired) electrons. The summed E-state index contributed by atoms with van der Waals surface area (Å²) in [5, 5.41) is 33.0. The van der Waals surface area contributed by atoms with Crippen LogP contribution in [0.3, 0.4) is 0 Å². The SMILES string of the molecule is C/C=C/CC/C=C/CCCC(O)C(O)C(CO)NC(=O)CCCCCCC/C=C\CCCCCCCCC. The van der Waals surface area contributed by atoms with Crippen LogP contribution in [-0.4, -0.2) is 46.1 Å². The van der Waals surface area contributed by atoms with E-state index >= 15 is 0 Å². The van der Waals surface area contributed by atoms with Crippen LogP contribution in [0.25, 0.3) is 0 Å². The first kappa shape index (κ1) is 36.6. The first-order valence-corrected chi connectivity index (χ1v) is 15.7. The standard InChI is InChI=1S/C33H61NO4/c1-3-5-7-9-11-13-14-15-16-17-18-19-20-22-24-26-28-32(37)34-30(29-35)33(38)31(36)27-25-23-21-12-10-8-6-4-2/h4,6,12,16-17,21,30-31,33,35-36,38H,3,5,7-11,13-15,18-20,22-29H2,1-2H3,(H,34,37)/b6-4+,17-16-,21-12+. The van der Waals surface area contributed by atoms with Crippen molar-refractivity contribution >= 4 is 5.91 Å². The Bertz CT molecular complexity index is 602. The number of rotatable bonds is 27. The minimum absolute atomic E-state index is 0.173. The maximum atomic E-state index is 12.3. The van der Waals surface area contributed by atoms with Crippen molar-refractivity contribution in [1.29, 1.82) is 0 Å². The number of aliphatic hydroxyl groups excluding tert-OH is 3. The van der Waals surface area contributed by atoms with Crippen LogP contribution in [0.5, 0.6) is 0 Å². The molecule has 222 valence electrons. The molecular weight excluding hydrogens is 474 g/mol. The molecule has 38 heavy (non-hydrogen) atoms. The molecule has 0 aliphatic heterocycles. The van der Waals surface area contributed by atoms with Gasteiger partial charge in [0, 0.05) is 6.42 Å². The number of aliphatic hydroxyl groups is 3. The molecule has 0 fully saturated rings. The molecule has 0 saturated carbocycles. The van der Waals surface area contributed by atoms with E-state index < -0.39 is 18.2 Å². The second-order valence-electron chi connectivity index (χ2n) is 10.7. The molecule has 0 aromatic rings. The van der Waals surface area contributed by atoms with Gasteiger partial charge in [-0.2, -0.15) is 0 Å². The Morgan fingerprint density at radius 1 is 0.684 bits per heavy atom. The number of amides is 1. The quantitative estimate of drug-likeness (QED) is 0.0641. The van der Waals surface area contributed by atoms with E-state index in [1.807, 2.05) is 13.0 Å². The third-order valence-corrected chi connectivity index (χ3v) is 7.04. The summed E-state index contributed by atoms with van der Waals surface area (Å²) >= 11 is 0. The van der Waals surface area contributed by atoms with Crippen LogP contribution in [0.15, 0.2) is 36.5 Å². The van der Waals surface area contributed by atoms with Crippen LogP contribution >= 0.6 is 0 Å². The number of allylic oxidation sites excluding steroid dienone is 6. The smallest absolute Gasteiger partial charge is 0.220 e. The Hall–Kier alpha value is -1.43. The molecule has 3 atom stereocenters. The van der Waals surface area contributed by atoms with Crippen molar-refractivity contribution in [2.75, 3.05) is 6.61 Å². The fraction of sp³-hybridized carbons (Fsp3) is 0.788. The molecule has 0 aliphatic carbocycles. The molecule has 0 rings (SSSR count). The fourth-order valence-electron chi connectivity index (χ4n) is 4.53. The zero-order valence-electron chi connectivity index (χ0n) is 24.8. The van der Waals surface area contributed by atoms with E-state index in [-0.39, 0.29) is 12.5 Å². The third-order valence-electron chi connectivity index (χ3n) is 7.04. The lowest BCUT2D eigenvalue weighted by Gasteiger charge is -2.26. The molecule has 0 aliphatic rings. The van der Waals surface area contributed by atoms with Gasteiger partial charge in [-0.3, -0.25) is 4.79 Å². The first-order chi connectivity index (χ1) is 18.6. The number of carbonyl (C=O) groups is 1. The Labute approximate surface area is 234 Å². The van der Waals surface area contributed by atoms with Gasteiger partial charge < -0.3 is 20.6 Å². The van der Waals surface area contributed by atoms with Gasteiger partial charge in [0.05, 0.1) is 18.8 Å². The molecule has 1 amide bonds. The number of hydrogen-bond acceptors (Lipinski definition) is 4. The average Bonchev–Trinajstić information content (AvgIpc) is 2.92. The molecule has 0 spiro atoms. The number of unbranched alkanes of at least 4 members (excludes halogenated alkanes) is 14. The van der Waals surface area contributed by atoms with Crippen molar-refractivity contribution in [2.45, 2.75) is 161 Å². The van der Waals surface area contributed by atoms with Gasteiger partial charge in [-0.25, -0.2) is 0 Å². The summed E-state index contributed by atoms with van der Waals surface area (Å²) in [5.74, 6) is -0.173. The molecule has 0 bridgehead atoms. The second-order valence-corrected chi connectivity index (χ2v) is 10.7. The predicted molar refractivity (Wildman–Crippen MR) is 162 cm³/mol. The van der Waals surface area contributed by atoms with E-state index in [0.717, 1.165) is 51.4 Å². The van der Waals surface area contributed by atoms with Crippen LogP contribution in [0, 0.1) is 0 Å². The third kappa shape index (κ3) is 23.7. The highest BCUT2D eigenvalue weighted by Gasteiger charge is 2.26. The summed E-state index contributed by atoms with van der Waals surface area (Å²) in [6.45, 7) is 3.88. The lowest BCUT2D eigenvalue weighted by molar-refractivity contribution is -0.124. The van der Waals surface area contributed by atoms with Gasteiger partial charge in [0.25, 0.3) is 0 Å². The minimum atomic E-state index is -1.17. The van der Waals surface area contributed by atoms with Gasteiger partial charge in [0.1, 0.15) is 6.10 Å². The highest BCUT2D eigenvalue weighted by atomic mass is 16.3. The molecule has 4 N–H and O–H groups in total. The molecule has 0 saturated heterocycles. The lowest BCUT2D eigenvalue weighted by Crippen LogP contribution is -2.50. The second kappa shape index (κ2) is 28.6. The van der Waals surface area contributed by atoms with Crippen molar-refractivity contribution in [3.05, 3.63) is 36.5 Å². The van der Waals surface area contributed by atoms with Crippen LogP contribution in [-0.2, 0) is 4.79 Å². The molecule has 0 aromatic carbocycles. The van der Waals surface area contributed by atoms with E-state index in [9.17, 15) is 20.1 Å². The lowest BCUT2D eigenvalue weighted by atomic mass is 10.0. The summed E-state index contributed by atoms with van der Waals surface area (Å²) in [6.07, 6.45) is 32.6. The molecular formula is C33H61NO4. The van der Waals surface area contributed by atoms with E-state index in [1.54, 1.807) is 0 Å². The van der Waals surface area contributed by atoms with Crippen molar-refractivity contribution in [3.63, 3.8) is 0 Å². The van der Waals surface area contributed by atoms with Gasteiger partial charge >= 0.3 is 0 Å². The molecule has 5 nitrogen and oxygen atoms in total. The fourth-order valence-corrected chi connectivity index (χ4v) is 4.53. The van der Waals surface area contributed by atoms with E-state index in [4.69, 9.17) is 0 Å². The van der Waals surface area contributed by atoms with Gasteiger partial charge in [0.2, 0.25) is 5.91 Å². The summed E-state index contributed by atoms with van der Waals surface area (Å²) in [4.78, 5) is 12.3. The zero-order chi connectivity index (χ0) is 28.1. The normalized spacial score (nSPS) is 14.6. The van der Waals surface area contributed by atoms with Crippen LogP contribution in [0.1, 0.15) is 142 Å². The average molecular weight is 536 g/mol. The van der Waals surface area contributed by atoms with Crippen molar-refractivity contribution in [1.82, 2.24) is 5.32 Å². The predicted octanol–water partition coefficient (Wildman–Crippen LogP) is 7.70. The maximum Gasteiger partial charge on any atom is 0.220 e. The molecule has 3 unspecified atom stereocenters. The van der Waals surface area contributed by atoms with Crippen LogP contribution < -0.4 is 5.32 Å². The molecule has 5 heteroatoms. The largest absolute Gasteiger partial charge is 0.394 e. The maximum absolute atomic E-state index is 12.3. The summed E-state index contributed by atoms with van der Waals surface area (Å²) in [7, 11) is 0. The van der Waals surface area contributed by atoms with Gasteiger partial charge in [-0.15, -0.1) is 0 Å². The summed E-state index contributed by atoms with van der Waals surface area (Å²) in [6, 6.07) is -0.832. The van der Waals surface area contributed by atoms with Crippen molar-refractivity contribution in [2.24, 2.45) is 0 Å². The highest BCUT2D eigenvalue weighted by Crippen LogP contribution is 2.12. The van der Waals surface area contributed by atoms with Gasteiger partial charge in [-0.1, -0.05) is 101 Å². The first-order valence-electron chi connectivity index (χ1n) is 15.7.